The van der Waals surface area contributed by atoms with E-state index in [2.05, 4.69) is 12.2 Å². The van der Waals surface area contributed by atoms with Gasteiger partial charge < -0.3 is 4.74 Å². The molecule has 3 rings (SSSR count). The molecular weight excluding hydrogens is 212 g/mol. The monoisotopic (exact) mass is 234 g/mol. The minimum atomic E-state index is -0.368. The summed E-state index contributed by atoms with van der Waals surface area (Å²) in [6, 6.07) is 0. The summed E-state index contributed by atoms with van der Waals surface area (Å²) in [6.45, 7) is 5.79. The van der Waals surface area contributed by atoms with Gasteiger partial charge in [-0.15, -0.1) is 0 Å². The maximum Gasteiger partial charge on any atom is 0.311 e. The average Bonchev–Trinajstić information content (AvgIpc) is 2.85. The van der Waals surface area contributed by atoms with Crippen molar-refractivity contribution in [2.75, 3.05) is 0 Å². The number of fused-ring (bicyclic) bond motifs is 5. The Kier molecular flexibility index (Phi) is 2.39. The van der Waals surface area contributed by atoms with Crippen molar-refractivity contribution >= 4 is 5.97 Å². The van der Waals surface area contributed by atoms with Gasteiger partial charge in [0, 0.05) is 5.92 Å². The molecule has 17 heavy (non-hydrogen) atoms. The van der Waals surface area contributed by atoms with Crippen molar-refractivity contribution in [1.29, 1.82) is 0 Å². The number of carbonyl (C=O) groups excluding carboxylic acids is 1. The Bertz CT molecular complexity index is 364. The molecule has 3 aliphatic carbocycles. The Morgan fingerprint density at radius 2 is 2.00 bits per heavy atom. The van der Waals surface area contributed by atoms with Crippen LogP contribution in [0.15, 0.2) is 12.2 Å². The van der Waals surface area contributed by atoms with E-state index in [0.717, 1.165) is 18.3 Å². The first-order valence-corrected chi connectivity index (χ1v) is 6.84. The van der Waals surface area contributed by atoms with Crippen LogP contribution in [-0.4, -0.2) is 12.1 Å². The third kappa shape index (κ3) is 1.73. The Labute approximate surface area is 103 Å². The molecule has 0 N–H and O–H groups in total. The molecule has 0 radical (unpaired) electrons. The van der Waals surface area contributed by atoms with Gasteiger partial charge in [0.05, 0.1) is 5.41 Å². The molecule has 0 heterocycles. The van der Waals surface area contributed by atoms with E-state index in [1.54, 1.807) is 0 Å². The van der Waals surface area contributed by atoms with Gasteiger partial charge in [0.2, 0.25) is 0 Å². The highest BCUT2D eigenvalue weighted by Crippen LogP contribution is 2.57. The van der Waals surface area contributed by atoms with Crippen molar-refractivity contribution in [3.05, 3.63) is 12.2 Å². The summed E-state index contributed by atoms with van der Waals surface area (Å²) in [6.07, 6.45) is 8.52. The van der Waals surface area contributed by atoms with Crippen LogP contribution in [0, 0.1) is 29.1 Å². The number of esters is 1. The predicted octanol–water partition coefficient (Wildman–Crippen LogP) is 3.18. The summed E-state index contributed by atoms with van der Waals surface area (Å²) in [4.78, 5) is 11.9. The van der Waals surface area contributed by atoms with Crippen LogP contribution in [0.25, 0.3) is 0 Å². The van der Waals surface area contributed by atoms with E-state index < -0.39 is 0 Å². The second-order valence-corrected chi connectivity index (χ2v) is 6.99. The van der Waals surface area contributed by atoms with Crippen LogP contribution in [0.1, 0.15) is 40.0 Å². The third-order valence-electron chi connectivity index (χ3n) is 4.82. The largest absolute Gasteiger partial charge is 0.462 e. The van der Waals surface area contributed by atoms with E-state index in [0.29, 0.717) is 11.8 Å². The van der Waals surface area contributed by atoms with Crippen LogP contribution in [0.4, 0.5) is 0 Å². The minimum Gasteiger partial charge on any atom is -0.462 e. The summed E-state index contributed by atoms with van der Waals surface area (Å²) < 4.78 is 5.75. The highest BCUT2D eigenvalue weighted by Gasteiger charge is 2.54. The van der Waals surface area contributed by atoms with Crippen molar-refractivity contribution in [3.63, 3.8) is 0 Å². The highest BCUT2D eigenvalue weighted by molar-refractivity contribution is 5.75. The van der Waals surface area contributed by atoms with Gasteiger partial charge in [-0.25, -0.2) is 0 Å². The van der Waals surface area contributed by atoms with Gasteiger partial charge in [0.25, 0.3) is 0 Å². The fraction of sp³-hybridized carbons (Fsp3) is 0.800. The van der Waals surface area contributed by atoms with E-state index in [9.17, 15) is 4.79 Å². The van der Waals surface area contributed by atoms with E-state index in [-0.39, 0.29) is 17.5 Å². The first kappa shape index (κ1) is 11.3. The Morgan fingerprint density at radius 3 is 2.71 bits per heavy atom. The number of hydrogen-bond acceptors (Lipinski definition) is 2. The first-order chi connectivity index (χ1) is 7.97. The average molecular weight is 234 g/mol. The number of carbonyl (C=O) groups is 1. The Morgan fingerprint density at radius 1 is 1.24 bits per heavy atom. The van der Waals surface area contributed by atoms with Gasteiger partial charge in [0.1, 0.15) is 6.10 Å². The summed E-state index contributed by atoms with van der Waals surface area (Å²) in [5, 5.41) is 0. The van der Waals surface area contributed by atoms with Gasteiger partial charge in [0.15, 0.2) is 0 Å². The van der Waals surface area contributed by atoms with Crippen molar-refractivity contribution < 1.29 is 9.53 Å². The maximum absolute atomic E-state index is 11.9. The van der Waals surface area contributed by atoms with E-state index >= 15 is 0 Å². The molecule has 2 bridgehead atoms. The summed E-state index contributed by atoms with van der Waals surface area (Å²) >= 11 is 0. The number of hydrogen-bond donors (Lipinski definition) is 0. The van der Waals surface area contributed by atoms with Crippen LogP contribution in [0.3, 0.4) is 0 Å². The molecule has 0 unspecified atom stereocenters. The molecule has 2 heteroatoms. The number of allylic oxidation sites excluding steroid dienone is 2. The molecular formula is C15H22O2. The number of rotatable bonds is 1. The lowest BCUT2D eigenvalue weighted by Gasteiger charge is -2.32. The van der Waals surface area contributed by atoms with Crippen LogP contribution in [0.5, 0.6) is 0 Å². The molecule has 3 aliphatic rings. The van der Waals surface area contributed by atoms with Crippen LogP contribution in [-0.2, 0) is 9.53 Å². The summed E-state index contributed by atoms with van der Waals surface area (Å²) in [7, 11) is 0. The fourth-order valence-corrected chi connectivity index (χ4v) is 3.93. The molecule has 0 spiro atoms. The predicted molar refractivity (Wildman–Crippen MR) is 66.3 cm³/mol. The molecule has 0 aromatic heterocycles. The van der Waals surface area contributed by atoms with E-state index in [1.807, 2.05) is 20.8 Å². The molecule has 5 atom stereocenters. The van der Waals surface area contributed by atoms with E-state index in [1.165, 1.54) is 12.8 Å². The zero-order valence-electron chi connectivity index (χ0n) is 11.0. The first-order valence-electron chi connectivity index (χ1n) is 6.84. The highest BCUT2D eigenvalue weighted by atomic mass is 16.5. The smallest absolute Gasteiger partial charge is 0.311 e. The Balaban J connectivity index is 1.68. The Hall–Kier alpha value is -0.790. The lowest BCUT2D eigenvalue weighted by Crippen LogP contribution is -2.35. The van der Waals surface area contributed by atoms with Crippen LogP contribution >= 0.6 is 0 Å². The maximum atomic E-state index is 11.9. The summed E-state index contributed by atoms with van der Waals surface area (Å²) in [5.41, 5.74) is -0.368. The van der Waals surface area contributed by atoms with Gasteiger partial charge in [-0.3, -0.25) is 4.79 Å². The molecule has 0 amide bonds. The summed E-state index contributed by atoms with van der Waals surface area (Å²) in [5.74, 6) is 2.94. The van der Waals surface area contributed by atoms with Crippen molar-refractivity contribution in [1.82, 2.24) is 0 Å². The molecule has 0 aliphatic heterocycles. The van der Waals surface area contributed by atoms with E-state index in [4.69, 9.17) is 4.74 Å². The van der Waals surface area contributed by atoms with Gasteiger partial charge in [-0.05, 0) is 57.8 Å². The normalized spacial score (nSPS) is 42.9. The number of ether oxygens (including phenoxy) is 1. The van der Waals surface area contributed by atoms with Crippen LogP contribution < -0.4 is 0 Å². The standard InChI is InChI=1S/C15H22O2/c1-15(2,3)14(16)17-13-8-9-7-12(13)11-6-4-5-10(9)11/h4,6,9-13H,5,7-8H2,1-3H3/t9-,10+,11-,12-,13-/m1/s1. The molecule has 94 valence electrons. The minimum absolute atomic E-state index is 0.0337. The second kappa shape index (κ2) is 3.60. The van der Waals surface area contributed by atoms with Gasteiger partial charge in [-0.1, -0.05) is 12.2 Å². The molecule has 0 aromatic carbocycles. The molecule has 2 fully saturated rings. The second-order valence-electron chi connectivity index (χ2n) is 6.99. The quantitative estimate of drug-likeness (QED) is 0.514. The topological polar surface area (TPSA) is 26.3 Å². The van der Waals surface area contributed by atoms with Gasteiger partial charge in [-0.2, -0.15) is 0 Å². The molecule has 2 nitrogen and oxygen atoms in total. The third-order valence-corrected chi connectivity index (χ3v) is 4.82. The lowest BCUT2D eigenvalue weighted by molar-refractivity contribution is -0.162. The van der Waals surface area contributed by atoms with Gasteiger partial charge >= 0.3 is 5.97 Å². The fourth-order valence-electron chi connectivity index (χ4n) is 3.93. The molecule has 0 saturated heterocycles. The van der Waals surface area contributed by atoms with Crippen molar-refractivity contribution in [2.24, 2.45) is 29.1 Å². The van der Waals surface area contributed by atoms with Crippen LogP contribution in [0.2, 0.25) is 0 Å². The zero-order chi connectivity index (χ0) is 12.2. The van der Waals surface area contributed by atoms with Crippen molar-refractivity contribution in [2.45, 2.75) is 46.1 Å². The molecule has 2 saturated carbocycles. The van der Waals surface area contributed by atoms with Crippen molar-refractivity contribution in [3.8, 4) is 0 Å². The lowest BCUT2D eigenvalue weighted by atomic mass is 9.80. The SMILES string of the molecule is CC(C)(C)C(=O)O[C@@H]1C[C@H]2C[C@@H]1[C@@H]1C=CC[C@@H]21. The molecule has 0 aromatic rings. The zero-order valence-corrected chi connectivity index (χ0v) is 11.0.